The van der Waals surface area contributed by atoms with Crippen molar-refractivity contribution in [2.75, 3.05) is 27.1 Å². The van der Waals surface area contributed by atoms with Crippen molar-refractivity contribution < 1.29 is 23.7 Å². The van der Waals surface area contributed by atoms with Gasteiger partial charge in [-0.15, -0.1) is 0 Å². The molecular weight excluding hydrogens is 310 g/mol. The van der Waals surface area contributed by atoms with Gasteiger partial charge in [-0.25, -0.2) is 0 Å². The van der Waals surface area contributed by atoms with Crippen LogP contribution in [0.1, 0.15) is 18.1 Å². The van der Waals surface area contributed by atoms with Crippen LogP contribution in [-0.4, -0.2) is 58.1 Å². The molecule has 1 aromatic rings. The van der Waals surface area contributed by atoms with Gasteiger partial charge in [0.25, 0.3) is 0 Å². The zero-order chi connectivity index (χ0) is 17.3. The van der Waals surface area contributed by atoms with Crippen molar-refractivity contribution in [1.29, 1.82) is 0 Å². The van der Waals surface area contributed by atoms with Crippen LogP contribution in [0.3, 0.4) is 0 Å². The molecule has 0 saturated carbocycles. The van der Waals surface area contributed by atoms with Gasteiger partial charge < -0.3 is 29.4 Å². The van der Waals surface area contributed by atoms with E-state index in [2.05, 4.69) is 6.07 Å². The molecule has 1 aromatic carbocycles. The number of nitrogen functional groups attached to an aromatic ring is 1. The molecule has 2 N–H and O–H groups in total. The molecule has 0 bridgehead atoms. The number of fused-ring (bicyclic) bond motifs is 1. The van der Waals surface area contributed by atoms with Crippen molar-refractivity contribution >= 4 is 5.69 Å². The fourth-order valence-electron chi connectivity index (χ4n) is 3.81. The largest absolute Gasteiger partial charge is 0.399 e. The van der Waals surface area contributed by atoms with Gasteiger partial charge in [0.05, 0.1) is 12.2 Å². The Morgan fingerprint density at radius 1 is 0.958 bits per heavy atom. The number of hydrogen-bond donors (Lipinski definition) is 1. The first-order valence-electron chi connectivity index (χ1n) is 8.34. The van der Waals surface area contributed by atoms with E-state index in [-0.39, 0.29) is 30.5 Å². The fourth-order valence-corrected chi connectivity index (χ4v) is 3.81. The second-order valence-electron chi connectivity index (χ2n) is 6.51. The number of nitrogens with two attached hydrogens (primary N) is 1. The van der Waals surface area contributed by atoms with E-state index < -0.39 is 6.29 Å². The third-order valence-electron chi connectivity index (χ3n) is 5.00. The molecule has 0 radical (unpaired) electrons. The maximum Gasteiger partial charge on any atom is 0.187 e. The van der Waals surface area contributed by atoms with Crippen LogP contribution in [0.25, 0.3) is 0 Å². The zero-order valence-corrected chi connectivity index (χ0v) is 14.7. The predicted molar refractivity (Wildman–Crippen MR) is 89.9 cm³/mol. The average Bonchev–Trinajstić information content (AvgIpc) is 2.95. The highest BCUT2D eigenvalue weighted by Crippen LogP contribution is 2.32. The number of anilines is 1. The minimum absolute atomic E-state index is 0.0493. The Morgan fingerprint density at radius 3 is 2.29 bits per heavy atom. The van der Waals surface area contributed by atoms with Gasteiger partial charge in [-0.1, -0.05) is 6.07 Å². The van der Waals surface area contributed by atoms with Crippen LogP contribution < -0.4 is 5.73 Å². The Bertz CT molecular complexity index is 566. The molecule has 1 fully saturated rings. The summed E-state index contributed by atoms with van der Waals surface area (Å²) in [6, 6.07) is 6.03. The van der Waals surface area contributed by atoms with E-state index in [4.69, 9.17) is 29.4 Å². The van der Waals surface area contributed by atoms with Crippen LogP contribution in [0, 0.1) is 0 Å². The van der Waals surface area contributed by atoms with Gasteiger partial charge in [0, 0.05) is 27.0 Å². The summed E-state index contributed by atoms with van der Waals surface area (Å²) in [5, 5.41) is 0. The summed E-state index contributed by atoms with van der Waals surface area (Å²) in [5.74, 6) is 0. The van der Waals surface area contributed by atoms with Gasteiger partial charge in [0.15, 0.2) is 6.29 Å². The molecule has 1 aliphatic heterocycles. The lowest BCUT2D eigenvalue weighted by atomic mass is 9.99. The second kappa shape index (κ2) is 7.37. The van der Waals surface area contributed by atoms with Crippen molar-refractivity contribution in [2.24, 2.45) is 0 Å². The summed E-state index contributed by atoms with van der Waals surface area (Å²) >= 11 is 0. The van der Waals surface area contributed by atoms with E-state index in [0.29, 0.717) is 0 Å². The first kappa shape index (κ1) is 17.6. The molecule has 6 nitrogen and oxygen atoms in total. The number of benzene rings is 1. The summed E-state index contributed by atoms with van der Waals surface area (Å²) in [7, 11) is 4.96. The third kappa shape index (κ3) is 3.30. The summed E-state index contributed by atoms with van der Waals surface area (Å²) in [5.41, 5.74) is 9.19. The number of hydrogen-bond acceptors (Lipinski definition) is 6. The van der Waals surface area contributed by atoms with Crippen LogP contribution in [0.5, 0.6) is 0 Å². The molecule has 0 spiro atoms. The Hall–Kier alpha value is -1.18. The van der Waals surface area contributed by atoms with Gasteiger partial charge in [0.1, 0.15) is 18.3 Å². The summed E-state index contributed by atoms with van der Waals surface area (Å²) in [6.45, 7) is 1.96. The summed E-state index contributed by atoms with van der Waals surface area (Å²) in [4.78, 5) is 0. The molecule has 0 amide bonds. The molecule has 1 saturated heterocycles. The lowest BCUT2D eigenvalue weighted by Gasteiger charge is -2.44. The molecule has 2 aliphatic rings. The molecule has 3 rings (SSSR count). The van der Waals surface area contributed by atoms with Crippen LogP contribution in [0.4, 0.5) is 5.69 Å². The van der Waals surface area contributed by atoms with E-state index in [9.17, 15) is 0 Å². The maximum absolute atomic E-state index is 6.25. The third-order valence-corrected chi connectivity index (χ3v) is 5.00. The van der Waals surface area contributed by atoms with E-state index in [1.165, 1.54) is 11.1 Å². The second-order valence-corrected chi connectivity index (χ2v) is 6.51. The van der Waals surface area contributed by atoms with Crippen molar-refractivity contribution in [3.8, 4) is 0 Å². The molecule has 134 valence electrons. The minimum atomic E-state index is -0.488. The average molecular weight is 337 g/mol. The van der Waals surface area contributed by atoms with E-state index in [0.717, 1.165) is 18.5 Å². The van der Waals surface area contributed by atoms with E-state index in [1.807, 2.05) is 19.1 Å². The highest BCUT2D eigenvalue weighted by atomic mass is 16.7. The van der Waals surface area contributed by atoms with Crippen molar-refractivity contribution in [1.82, 2.24) is 0 Å². The summed E-state index contributed by atoms with van der Waals surface area (Å²) < 4.78 is 29.0. The first-order valence-corrected chi connectivity index (χ1v) is 8.34. The quantitative estimate of drug-likeness (QED) is 0.822. The Kier molecular flexibility index (Phi) is 5.42. The highest BCUT2D eigenvalue weighted by molar-refractivity contribution is 5.47. The molecule has 6 atom stereocenters. The monoisotopic (exact) mass is 337 g/mol. The van der Waals surface area contributed by atoms with Gasteiger partial charge in [0.2, 0.25) is 0 Å². The Morgan fingerprint density at radius 2 is 1.62 bits per heavy atom. The smallest absolute Gasteiger partial charge is 0.187 e. The molecule has 1 aliphatic carbocycles. The molecule has 6 heteroatoms. The maximum atomic E-state index is 6.25. The normalized spacial score (nSPS) is 35.8. The molecule has 0 aromatic heterocycles. The predicted octanol–water partition coefficient (Wildman–Crippen LogP) is 1.54. The van der Waals surface area contributed by atoms with Crippen molar-refractivity contribution in [3.63, 3.8) is 0 Å². The fraction of sp³-hybridized carbons (Fsp3) is 0.667. The minimum Gasteiger partial charge on any atom is -0.399 e. The Labute approximate surface area is 143 Å². The molecule has 1 heterocycles. The molecule has 1 unspecified atom stereocenters. The summed E-state index contributed by atoms with van der Waals surface area (Å²) in [6.07, 6.45) is 0.322. The topological polar surface area (TPSA) is 72.2 Å². The molecule has 24 heavy (non-hydrogen) atoms. The van der Waals surface area contributed by atoms with Crippen molar-refractivity contribution in [3.05, 3.63) is 29.3 Å². The van der Waals surface area contributed by atoms with E-state index >= 15 is 0 Å². The standard InChI is InChI=1S/C18H27NO5/c1-10-15(20-2)16(21-3)17(22-4)18(23-10)24-14-8-11-5-6-13(19)7-12(11)9-14/h5-7,10,14-18H,8-9,19H2,1-4H3/t10-,14?,15-,16+,17+,18-/m0/s1. The highest BCUT2D eigenvalue weighted by Gasteiger charge is 2.47. The van der Waals surface area contributed by atoms with Gasteiger partial charge >= 0.3 is 0 Å². The van der Waals surface area contributed by atoms with Crippen molar-refractivity contribution in [2.45, 2.75) is 56.6 Å². The van der Waals surface area contributed by atoms with Gasteiger partial charge in [-0.2, -0.15) is 0 Å². The van der Waals surface area contributed by atoms with E-state index in [1.54, 1.807) is 21.3 Å². The first-order chi connectivity index (χ1) is 11.6. The lowest BCUT2D eigenvalue weighted by molar-refractivity contribution is -0.314. The van der Waals surface area contributed by atoms with Gasteiger partial charge in [-0.3, -0.25) is 0 Å². The Balaban J connectivity index is 1.70. The number of rotatable bonds is 5. The van der Waals surface area contributed by atoms with Gasteiger partial charge in [-0.05, 0) is 43.0 Å². The SMILES string of the molecule is CO[C@@H]1[C@@H](OC)[C@H](C)O[C@@H](OC2Cc3ccc(N)cc3C2)[C@@H]1OC. The van der Waals surface area contributed by atoms with Crippen LogP contribution in [-0.2, 0) is 36.5 Å². The number of ether oxygens (including phenoxy) is 5. The van der Waals surface area contributed by atoms with Crippen LogP contribution in [0.15, 0.2) is 18.2 Å². The van der Waals surface area contributed by atoms with Crippen LogP contribution in [0.2, 0.25) is 0 Å². The zero-order valence-electron chi connectivity index (χ0n) is 14.7. The lowest BCUT2D eigenvalue weighted by Crippen LogP contribution is -2.59. The van der Waals surface area contributed by atoms with Crippen LogP contribution >= 0.6 is 0 Å². The number of methoxy groups -OCH3 is 3. The molecular formula is C18H27NO5.